The topological polar surface area (TPSA) is 163 Å². The van der Waals surface area contributed by atoms with Gasteiger partial charge < -0.3 is 31.6 Å². The number of amides is 2. The highest BCUT2D eigenvalue weighted by atomic mass is 16.6. The van der Waals surface area contributed by atoms with Crippen LogP contribution in [0.4, 0.5) is 0 Å². The van der Waals surface area contributed by atoms with Gasteiger partial charge in [0.25, 0.3) is 11.8 Å². The number of carbonyl (C=O) groups is 4. The lowest BCUT2D eigenvalue weighted by Gasteiger charge is -2.30. The predicted molar refractivity (Wildman–Crippen MR) is 98.7 cm³/mol. The van der Waals surface area contributed by atoms with Crippen LogP contribution in [0, 0.1) is 0 Å². The number of nitrogens with one attached hydrogen (secondary N) is 2. The molecule has 0 heterocycles. The second-order valence-corrected chi connectivity index (χ2v) is 7.27. The van der Waals surface area contributed by atoms with E-state index in [0.29, 0.717) is 51.4 Å². The first-order valence-corrected chi connectivity index (χ1v) is 9.82. The van der Waals surface area contributed by atoms with E-state index in [-0.39, 0.29) is 26.2 Å². The third-order valence-corrected chi connectivity index (χ3v) is 5.25. The summed E-state index contributed by atoms with van der Waals surface area (Å²) in [6.45, 7) is 0.983. The molecule has 0 saturated heterocycles. The molecule has 0 spiro atoms. The van der Waals surface area contributed by atoms with E-state index < -0.39 is 35.0 Å². The Kier molecular flexibility index (Phi) is 7.76. The Hall–Kier alpha value is -2.20. The molecule has 158 valence electrons. The summed E-state index contributed by atoms with van der Waals surface area (Å²) >= 11 is 0. The van der Waals surface area contributed by atoms with Gasteiger partial charge in [-0.2, -0.15) is 0 Å². The average molecular weight is 398 g/mol. The summed E-state index contributed by atoms with van der Waals surface area (Å²) in [7, 11) is 0. The molecule has 0 aromatic carbocycles. The van der Waals surface area contributed by atoms with E-state index in [1.807, 2.05) is 0 Å². The Morgan fingerprint density at radius 3 is 1.29 bits per heavy atom. The largest absolute Gasteiger partial charge is 0.441 e. The Labute approximate surface area is 164 Å². The summed E-state index contributed by atoms with van der Waals surface area (Å²) < 4.78 is 10.6. The third kappa shape index (κ3) is 4.99. The van der Waals surface area contributed by atoms with E-state index >= 15 is 0 Å². The molecule has 2 aliphatic carbocycles. The van der Waals surface area contributed by atoms with Crippen molar-refractivity contribution in [3.8, 4) is 0 Å². The Morgan fingerprint density at radius 1 is 0.679 bits per heavy atom. The van der Waals surface area contributed by atoms with Gasteiger partial charge in [-0.15, -0.1) is 0 Å². The summed E-state index contributed by atoms with van der Waals surface area (Å²) in [5.74, 6) is -3.45. The van der Waals surface area contributed by atoms with Crippen LogP contribution in [0.5, 0.6) is 0 Å². The van der Waals surface area contributed by atoms with Gasteiger partial charge in [0.15, 0.2) is 11.2 Å². The van der Waals surface area contributed by atoms with Crippen molar-refractivity contribution < 1.29 is 28.7 Å². The fraction of sp³-hybridized carbons (Fsp3) is 0.778. The number of hydrogen-bond acceptors (Lipinski definition) is 8. The molecule has 0 unspecified atom stereocenters. The fourth-order valence-corrected chi connectivity index (χ4v) is 3.77. The van der Waals surface area contributed by atoms with E-state index in [0.717, 1.165) is 0 Å². The molecule has 0 radical (unpaired) electrons. The molecule has 2 saturated carbocycles. The van der Waals surface area contributed by atoms with Crippen LogP contribution < -0.4 is 22.1 Å². The van der Waals surface area contributed by atoms with Crippen LogP contribution in [0.25, 0.3) is 0 Å². The van der Waals surface area contributed by atoms with Gasteiger partial charge in [0.05, 0.1) is 0 Å². The van der Waals surface area contributed by atoms with Crippen molar-refractivity contribution in [1.82, 2.24) is 10.6 Å². The minimum absolute atomic E-state index is 0.243. The fourth-order valence-electron chi connectivity index (χ4n) is 3.77. The van der Waals surface area contributed by atoms with Gasteiger partial charge in [0.1, 0.15) is 0 Å². The molecule has 6 N–H and O–H groups in total. The number of rotatable bonds is 8. The van der Waals surface area contributed by atoms with E-state index in [2.05, 4.69) is 10.6 Å². The normalized spacial score (nSPS) is 19.6. The van der Waals surface area contributed by atoms with E-state index in [4.69, 9.17) is 20.9 Å². The monoisotopic (exact) mass is 398 g/mol. The van der Waals surface area contributed by atoms with E-state index in [1.165, 1.54) is 0 Å². The van der Waals surface area contributed by atoms with Gasteiger partial charge in [0, 0.05) is 26.2 Å². The zero-order valence-corrected chi connectivity index (χ0v) is 16.1. The van der Waals surface area contributed by atoms with Gasteiger partial charge in [-0.3, -0.25) is 9.59 Å². The van der Waals surface area contributed by atoms with Gasteiger partial charge in [0.2, 0.25) is 0 Å². The zero-order valence-electron chi connectivity index (χ0n) is 16.1. The highest BCUT2D eigenvalue weighted by Gasteiger charge is 2.49. The molecular formula is C18H30N4O6. The van der Waals surface area contributed by atoms with Crippen molar-refractivity contribution in [3.63, 3.8) is 0 Å². The molecule has 10 heteroatoms. The van der Waals surface area contributed by atoms with Gasteiger partial charge >= 0.3 is 11.9 Å². The molecule has 2 fully saturated rings. The summed E-state index contributed by atoms with van der Waals surface area (Å²) in [6, 6.07) is 0. The molecule has 0 bridgehead atoms. The Balaban J connectivity index is 2.04. The molecule has 2 amide bonds. The van der Waals surface area contributed by atoms with Gasteiger partial charge in [-0.05, 0) is 51.4 Å². The van der Waals surface area contributed by atoms with Crippen LogP contribution in [0.2, 0.25) is 0 Å². The summed E-state index contributed by atoms with van der Waals surface area (Å²) in [6.07, 6.45) is 4.09. The molecule has 2 rings (SSSR count). The van der Waals surface area contributed by atoms with Crippen molar-refractivity contribution in [1.29, 1.82) is 0 Å². The highest BCUT2D eigenvalue weighted by molar-refractivity contribution is 6.30. The molecular weight excluding hydrogens is 368 g/mol. The second-order valence-electron chi connectivity index (χ2n) is 7.27. The first kappa shape index (κ1) is 22.1. The van der Waals surface area contributed by atoms with Crippen molar-refractivity contribution in [3.05, 3.63) is 0 Å². The van der Waals surface area contributed by atoms with Crippen LogP contribution in [0.3, 0.4) is 0 Å². The van der Waals surface area contributed by atoms with Gasteiger partial charge in [-0.1, -0.05) is 0 Å². The van der Waals surface area contributed by atoms with Crippen LogP contribution in [-0.4, -0.2) is 61.1 Å². The average Bonchev–Trinajstić information content (AvgIpc) is 3.35. The predicted octanol–water partition coefficient (Wildman–Crippen LogP) is -1.15. The van der Waals surface area contributed by atoms with Crippen molar-refractivity contribution in [2.45, 2.75) is 62.6 Å². The Morgan fingerprint density at radius 2 is 1.00 bits per heavy atom. The maximum absolute atomic E-state index is 12.4. The lowest BCUT2D eigenvalue weighted by Crippen LogP contribution is -2.52. The lowest BCUT2D eigenvalue weighted by atomic mass is 10.0. The number of ether oxygens (including phenoxy) is 2. The maximum atomic E-state index is 12.4. The van der Waals surface area contributed by atoms with Crippen LogP contribution >= 0.6 is 0 Å². The minimum Gasteiger partial charge on any atom is -0.441 e. The maximum Gasteiger partial charge on any atom is 0.418 e. The molecule has 0 aromatic rings. The molecule has 10 nitrogen and oxygen atoms in total. The van der Waals surface area contributed by atoms with Crippen molar-refractivity contribution >= 4 is 23.8 Å². The first-order valence-electron chi connectivity index (χ1n) is 9.82. The van der Waals surface area contributed by atoms with Crippen molar-refractivity contribution in [2.24, 2.45) is 11.5 Å². The number of nitrogens with two attached hydrogens (primary N) is 2. The summed E-state index contributed by atoms with van der Waals surface area (Å²) in [5.41, 5.74) is 8.00. The quantitative estimate of drug-likeness (QED) is 0.294. The van der Waals surface area contributed by atoms with Crippen LogP contribution in [0.1, 0.15) is 51.4 Å². The number of hydrogen-bond donors (Lipinski definition) is 4. The smallest absolute Gasteiger partial charge is 0.418 e. The SMILES string of the molecule is NCCNC(=O)C1(OC(=O)C(=O)OC2(C(=O)NCCN)CCCC2)CCCC1. The minimum atomic E-state index is -1.39. The number of carbonyl (C=O) groups excluding carboxylic acids is 4. The van der Waals surface area contributed by atoms with Crippen LogP contribution in [-0.2, 0) is 28.7 Å². The Bertz CT molecular complexity index is 545. The lowest BCUT2D eigenvalue weighted by molar-refractivity contribution is -0.189. The van der Waals surface area contributed by atoms with Crippen molar-refractivity contribution in [2.75, 3.05) is 26.2 Å². The summed E-state index contributed by atoms with van der Waals surface area (Å²) in [5, 5.41) is 5.22. The van der Waals surface area contributed by atoms with Gasteiger partial charge in [-0.25, -0.2) is 9.59 Å². The third-order valence-electron chi connectivity index (χ3n) is 5.25. The van der Waals surface area contributed by atoms with Crippen LogP contribution in [0.15, 0.2) is 0 Å². The van der Waals surface area contributed by atoms with E-state index in [9.17, 15) is 19.2 Å². The number of esters is 2. The second kappa shape index (κ2) is 9.83. The molecule has 2 aliphatic rings. The highest BCUT2D eigenvalue weighted by Crippen LogP contribution is 2.36. The molecule has 0 aliphatic heterocycles. The molecule has 28 heavy (non-hydrogen) atoms. The zero-order chi connectivity index (χ0) is 20.6. The molecule has 0 aromatic heterocycles. The standard InChI is InChI=1S/C18H30N4O6/c19-9-11-21-15(25)17(5-1-2-6-17)27-13(23)14(24)28-18(7-3-4-8-18)16(26)22-12-10-20/h1-12,19-20H2,(H,21,25)(H,22,26). The molecule has 0 atom stereocenters. The first-order chi connectivity index (χ1) is 13.4. The summed E-state index contributed by atoms with van der Waals surface area (Å²) in [4.78, 5) is 49.7. The van der Waals surface area contributed by atoms with E-state index in [1.54, 1.807) is 0 Å².